The van der Waals surface area contributed by atoms with E-state index in [1.54, 1.807) is 0 Å². The summed E-state index contributed by atoms with van der Waals surface area (Å²) in [6, 6.07) is 64.9. The molecule has 5 heteroatoms. The first-order valence-electron chi connectivity index (χ1n) is 21.0. The molecule has 0 fully saturated rings. The number of fused-ring (bicyclic) bond motifs is 14. The summed E-state index contributed by atoms with van der Waals surface area (Å²) in [4.78, 5) is 4.24. The summed E-state index contributed by atoms with van der Waals surface area (Å²) in [6.45, 7) is 13.3. The van der Waals surface area contributed by atoms with E-state index in [-0.39, 0.29) is 5.41 Å². The minimum Gasteiger partial charge on any atom is -0.319 e. The first-order chi connectivity index (χ1) is 30.4. The molecule has 3 aromatic heterocycles. The van der Waals surface area contributed by atoms with Gasteiger partial charge in [0.15, 0.2) is 0 Å². The Morgan fingerprint density at radius 3 is 1.79 bits per heavy atom. The average molecular weight is 790 g/mol. The quantitative estimate of drug-likeness (QED) is 0.164. The molecule has 0 atom stereocenters. The lowest BCUT2D eigenvalue weighted by atomic mass is 9.82. The van der Waals surface area contributed by atoms with Gasteiger partial charge in [0.1, 0.15) is 6.07 Å². The van der Waals surface area contributed by atoms with Crippen LogP contribution in [0.25, 0.3) is 109 Å². The lowest BCUT2D eigenvalue weighted by Crippen LogP contribution is -2.15. The number of nitriles is 1. The van der Waals surface area contributed by atoms with E-state index < -0.39 is 0 Å². The average Bonchev–Trinajstić information content (AvgIpc) is 4.01. The van der Waals surface area contributed by atoms with E-state index in [2.05, 4.69) is 202 Å². The predicted molar refractivity (Wildman–Crippen MR) is 256 cm³/mol. The van der Waals surface area contributed by atoms with Crippen molar-refractivity contribution in [1.29, 1.82) is 5.26 Å². The SMILES string of the molecule is [C-]#[N+]c1cc(-n2c3ccc(-n4c5ccccc5c5ccccc54)cc3c3c4ccccc4ccc32)c(C#N)cc1-n1c2ccccc2c2cc3c(cc21)C(C)(C)c1ccccc1-3. The summed E-state index contributed by atoms with van der Waals surface area (Å²) in [5.74, 6) is 0. The second kappa shape index (κ2) is 12.3. The number of benzene rings is 9. The summed E-state index contributed by atoms with van der Waals surface area (Å²) >= 11 is 0. The Hall–Kier alpha value is -8.38. The molecule has 1 aliphatic carbocycles. The van der Waals surface area contributed by atoms with E-state index in [1.165, 1.54) is 33.0 Å². The third-order valence-electron chi connectivity index (χ3n) is 13.7. The van der Waals surface area contributed by atoms with Crippen LogP contribution in [0.4, 0.5) is 5.69 Å². The fourth-order valence-electron chi connectivity index (χ4n) is 10.9. The Balaban J connectivity index is 1.08. The molecular formula is C57H35N5. The Labute approximate surface area is 357 Å². The maximum absolute atomic E-state index is 11.2. The van der Waals surface area contributed by atoms with Crippen molar-refractivity contribution < 1.29 is 0 Å². The van der Waals surface area contributed by atoms with Gasteiger partial charge in [-0.05, 0) is 99.8 Å². The van der Waals surface area contributed by atoms with Crippen LogP contribution in [-0.4, -0.2) is 13.7 Å². The summed E-state index contributed by atoms with van der Waals surface area (Å²) in [6.07, 6.45) is 0. The van der Waals surface area contributed by atoms with Gasteiger partial charge in [-0.2, -0.15) is 5.26 Å². The van der Waals surface area contributed by atoms with Crippen molar-refractivity contribution in [3.63, 3.8) is 0 Å². The zero-order chi connectivity index (χ0) is 41.4. The van der Waals surface area contributed by atoms with Crippen molar-refractivity contribution in [2.45, 2.75) is 19.3 Å². The van der Waals surface area contributed by atoms with Gasteiger partial charge in [-0.15, -0.1) is 0 Å². The molecule has 0 unspecified atom stereocenters. The molecule has 9 aromatic carbocycles. The Kier molecular flexibility index (Phi) is 6.86. The van der Waals surface area contributed by atoms with Gasteiger partial charge in [0.05, 0.1) is 56.6 Å². The summed E-state index contributed by atoms with van der Waals surface area (Å²) in [5, 5.41) is 20.3. The standard InChI is InChI=1S/C57H35N5/c1-57(2)45-20-10-6-16-38(45)42-30-43-41-19-9-13-23-50(41)62(54(43)31-46(42)57)55-28-35(33-58)53(32-47(55)59-3)61-51-27-25-36(29-44(51)56-37-15-5-4-14-34(37)24-26-52(56)61)60-48-21-11-7-17-39(48)40-18-8-12-22-49(40)60/h4-32H,1-2H3. The minimum absolute atomic E-state index is 0.201. The van der Waals surface area contributed by atoms with Crippen LogP contribution in [0.3, 0.4) is 0 Å². The Morgan fingerprint density at radius 1 is 0.468 bits per heavy atom. The zero-order valence-corrected chi connectivity index (χ0v) is 34.0. The molecule has 12 aromatic rings. The topological polar surface area (TPSA) is 42.9 Å². The predicted octanol–water partition coefficient (Wildman–Crippen LogP) is 14.9. The molecule has 0 bridgehead atoms. The second-order valence-corrected chi connectivity index (χ2v) is 17.1. The number of hydrogen-bond donors (Lipinski definition) is 0. The lowest BCUT2D eigenvalue weighted by molar-refractivity contribution is 0.661. The summed E-state index contributed by atoms with van der Waals surface area (Å²) in [7, 11) is 0. The largest absolute Gasteiger partial charge is 0.319 e. The second-order valence-electron chi connectivity index (χ2n) is 17.1. The van der Waals surface area contributed by atoms with E-state index >= 15 is 0 Å². The fraction of sp³-hybridized carbons (Fsp3) is 0.0526. The van der Waals surface area contributed by atoms with Crippen molar-refractivity contribution in [3.05, 3.63) is 204 Å². The molecule has 0 amide bonds. The molecule has 0 radical (unpaired) electrons. The lowest BCUT2D eigenvalue weighted by Gasteiger charge is -2.22. The van der Waals surface area contributed by atoms with Crippen LogP contribution in [0.5, 0.6) is 0 Å². The van der Waals surface area contributed by atoms with Gasteiger partial charge in [0, 0.05) is 43.4 Å². The summed E-state index contributed by atoms with van der Waals surface area (Å²) in [5.41, 5.74) is 14.6. The first kappa shape index (κ1) is 34.5. The van der Waals surface area contributed by atoms with Gasteiger partial charge in [-0.1, -0.05) is 123 Å². The molecule has 3 heterocycles. The zero-order valence-electron chi connectivity index (χ0n) is 34.0. The highest BCUT2D eigenvalue weighted by atomic mass is 15.0. The normalized spacial score (nSPS) is 13.1. The number of rotatable bonds is 3. The maximum Gasteiger partial charge on any atom is 0.212 e. The number of nitrogens with zero attached hydrogens (tertiary/aromatic N) is 5. The molecular weight excluding hydrogens is 755 g/mol. The molecule has 62 heavy (non-hydrogen) atoms. The minimum atomic E-state index is -0.201. The van der Waals surface area contributed by atoms with E-state index in [4.69, 9.17) is 6.57 Å². The van der Waals surface area contributed by atoms with Crippen LogP contribution >= 0.6 is 0 Å². The third-order valence-corrected chi connectivity index (χ3v) is 13.7. The maximum atomic E-state index is 11.2. The number of aromatic nitrogens is 3. The molecule has 1 aliphatic rings. The molecule has 0 N–H and O–H groups in total. The van der Waals surface area contributed by atoms with Crippen molar-refractivity contribution in [3.8, 4) is 34.3 Å². The summed E-state index contributed by atoms with van der Waals surface area (Å²) < 4.78 is 6.76. The van der Waals surface area contributed by atoms with Crippen molar-refractivity contribution in [2.24, 2.45) is 0 Å². The molecule has 5 nitrogen and oxygen atoms in total. The van der Waals surface area contributed by atoms with E-state index in [0.29, 0.717) is 22.6 Å². The van der Waals surface area contributed by atoms with Crippen LogP contribution in [-0.2, 0) is 5.41 Å². The van der Waals surface area contributed by atoms with E-state index in [1.807, 2.05) is 12.1 Å². The molecule has 0 aliphatic heterocycles. The fourth-order valence-corrected chi connectivity index (χ4v) is 10.9. The number of para-hydroxylation sites is 3. The van der Waals surface area contributed by atoms with Crippen molar-refractivity contribution >= 4 is 81.9 Å². The molecule has 13 rings (SSSR count). The van der Waals surface area contributed by atoms with Gasteiger partial charge >= 0.3 is 0 Å². The molecule has 288 valence electrons. The van der Waals surface area contributed by atoms with Crippen LogP contribution in [0.15, 0.2) is 176 Å². The van der Waals surface area contributed by atoms with Gasteiger partial charge in [-0.25, -0.2) is 4.85 Å². The van der Waals surface area contributed by atoms with Crippen LogP contribution < -0.4 is 0 Å². The smallest absolute Gasteiger partial charge is 0.212 e. The van der Waals surface area contributed by atoms with E-state index in [0.717, 1.165) is 71.1 Å². The monoisotopic (exact) mass is 789 g/mol. The molecule has 0 saturated heterocycles. The van der Waals surface area contributed by atoms with Crippen LogP contribution in [0.2, 0.25) is 0 Å². The van der Waals surface area contributed by atoms with Gasteiger partial charge in [0.25, 0.3) is 0 Å². The highest BCUT2D eigenvalue weighted by Gasteiger charge is 2.36. The number of hydrogen-bond acceptors (Lipinski definition) is 1. The van der Waals surface area contributed by atoms with Crippen molar-refractivity contribution in [1.82, 2.24) is 13.7 Å². The molecule has 0 spiro atoms. The van der Waals surface area contributed by atoms with E-state index in [9.17, 15) is 5.26 Å². The Bertz CT molecular complexity index is 3990. The highest BCUT2D eigenvalue weighted by molar-refractivity contribution is 6.22. The van der Waals surface area contributed by atoms with Crippen LogP contribution in [0.1, 0.15) is 30.5 Å². The first-order valence-corrected chi connectivity index (χ1v) is 21.0. The highest BCUT2D eigenvalue weighted by Crippen LogP contribution is 2.51. The van der Waals surface area contributed by atoms with Gasteiger partial charge < -0.3 is 13.7 Å². The molecule has 0 saturated carbocycles. The van der Waals surface area contributed by atoms with Gasteiger partial charge in [0.2, 0.25) is 5.69 Å². The Morgan fingerprint density at radius 2 is 1.06 bits per heavy atom. The van der Waals surface area contributed by atoms with Gasteiger partial charge in [-0.3, -0.25) is 0 Å². The van der Waals surface area contributed by atoms with Crippen LogP contribution in [0, 0.1) is 17.9 Å². The van der Waals surface area contributed by atoms with Crippen molar-refractivity contribution in [2.75, 3.05) is 0 Å². The third kappa shape index (κ3) is 4.44.